The predicted molar refractivity (Wildman–Crippen MR) is 132 cm³/mol. The molecule has 3 heterocycles. The van der Waals surface area contributed by atoms with Crippen LogP contribution >= 0.6 is 0 Å². The van der Waals surface area contributed by atoms with E-state index in [0.717, 1.165) is 38.5 Å². The van der Waals surface area contributed by atoms with Gasteiger partial charge in [0.15, 0.2) is 0 Å². The van der Waals surface area contributed by atoms with Gasteiger partial charge in [-0.1, -0.05) is 25.8 Å². The van der Waals surface area contributed by atoms with Gasteiger partial charge in [0.2, 0.25) is 10.0 Å². The number of hydrogen-bond donors (Lipinski definition) is 1. The third-order valence-corrected chi connectivity index (χ3v) is 8.92. The fraction of sp³-hybridized carbons (Fsp3) is 0.423. The van der Waals surface area contributed by atoms with Crippen molar-refractivity contribution in [2.24, 2.45) is 5.92 Å². The topological polar surface area (TPSA) is 92.3 Å². The van der Waals surface area contributed by atoms with Gasteiger partial charge in [0.25, 0.3) is 5.91 Å². The van der Waals surface area contributed by atoms with Crippen molar-refractivity contribution in [1.29, 1.82) is 0 Å². The Kier molecular flexibility index (Phi) is 6.36. The average molecular weight is 479 g/mol. The van der Waals surface area contributed by atoms with E-state index in [1.54, 1.807) is 34.8 Å². The number of benzene rings is 1. The van der Waals surface area contributed by atoms with Crippen molar-refractivity contribution in [3.05, 3.63) is 54.2 Å². The molecule has 0 bridgehead atoms. The summed E-state index contributed by atoms with van der Waals surface area (Å²) in [5.74, 6) is 0.334. The zero-order valence-electron chi connectivity index (χ0n) is 19.4. The molecule has 1 N–H and O–H groups in total. The molecule has 7 nitrogen and oxygen atoms in total. The number of rotatable bonds is 5. The highest BCUT2D eigenvalue weighted by molar-refractivity contribution is 7.89. The molecule has 0 unspecified atom stereocenters. The molecule has 1 aromatic carbocycles. The quantitative estimate of drug-likeness (QED) is 0.587. The van der Waals surface area contributed by atoms with Gasteiger partial charge < -0.3 is 5.32 Å². The molecule has 8 heteroatoms. The van der Waals surface area contributed by atoms with Gasteiger partial charge in [0.1, 0.15) is 0 Å². The molecule has 0 spiro atoms. The van der Waals surface area contributed by atoms with E-state index in [1.807, 2.05) is 18.2 Å². The van der Waals surface area contributed by atoms with E-state index in [9.17, 15) is 13.2 Å². The maximum absolute atomic E-state index is 13.4. The summed E-state index contributed by atoms with van der Waals surface area (Å²) in [6, 6.07) is 12.4. The number of carbonyl (C=O) groups excluding carboxylic acids is 1. The molecule has 2 aliphatic rings. The molecule has 3 aromatic rings. The molecular weight excluding hydrogens is 448 g/mol. The van der Waals surface area contributed by atoms with Crippen LogP contribution in [0.2, 0.25) is 0 Å². The summed E-state index contributed by atoms with van der Waals surface area (Å²) in [6.07, 6.45) is 7.56. The first-order valence-electron chi connectivity index (χ1n) is 12.1. The van der Waals surface area contributed by atoms with Crippen LogP contribution in [0.15, 0.2) is 53.6 Å². The summed E-state index contributed by atoms with van der Waals surface area (Å²) in [5, 5.41) is 3.69. The fourth-order valence-electron chi connectivity index (χ4n) is 4.91. The Bertz CT molecular complexity index is 1300. The van der Waals surface area contributed by atoms with Crippen molar-refractivity contribution in [3.63, 3.8) is 0 Å². The van der Waals surface area contributed by atoms with Gasteiger partial charge in [-0.15, -0.1) is 0 Å². The number of nitrogens with zero attached hydrogens (tertiary/aromatic N) is 3. The van der Waals surface area contributed by atoms with E-state index < -0.39 is 10.0 Å². The first-order valence-corrected chi connectivity index (χ1v) is 13.5. The zero-order chi connectivity index (χ0) is 23.7. The Morgan fingerprint density at radius 2 is 1.76 bits per heavy atom. The first kappa shape index (κ1) is 22.9. The smallest absolute Gasteiger partial charge is 0.252 e. The third-order valence-electron chi connectivity index (χ3n) is 7.02. The van der Waals surface area contributed by atoms with Crippen LogP contribution in [0.5, 0.6) is 0 Å². The van der Waals surface area contributed by atoms with Crippen molar-refractivity contribution >= 4 is 26.8 Å². The van der Waals surface area contributed by atoms with Gasteiger partial charge in [-0.3, -0.25) is 9.78 Å². The molecule has 0 radical (unpaired) electrons. The van der Waals surface area contributed by atoms with E-state index in [1.165, 1.54) is 0 Å². The van der Waals surface area contributed by atoms with Crippen molar-refractivity contribution < 1.29 is 13.2 Å². The molecular formula is C26H30N4O3S. The molecule has 2 fully saturated rings. The van der Waals surface area contributed by atoms with Gasteiger partial charge in [0.05, 0.1) is 27.4 Å². The summed E-state index contributed by atoms with van der Waals surface area (Å²) in [4.78, 5) is 22.7. The summed E-state index contributed by atoms with van der Waals surface area (Å²) < 4.78 is 28.3. The number of amides is 1. The van der Waals surface area contributed by atoms with E-state index >= 15 is 0 Å². The van der Waals surface area contributed by atoms with Gasteiger partial charge in [-0.25, -0.2) is 13.4 Å². The number of sulfonamides is 1. The minimum atomic E-state index is -3.64. The van der Waals surface area contributed by atoms with Crippen LogP contribution in [-0.2, 0) is 10.0 Å². The lowest BCUT2D eigenvalue weighted by Gasteiger charge is -2.29. The Morgan fingerprint density at radius 1 is 1.00 bits per heavy atom. The number of pyridine rings is 2. The third kappa shape index (κ3) is 4.57. The molecule has 1 saturated heterocycles. The van der Waals surface area contributed by atoms with E-state index in [4.69, 9.17) is 4.98 Å². The number of hydrogen-bond acceptors (Lipinski definition) is 5. The molecule has 1 saturated carbocycles. The minimum absolute atomic E-state index is 0.149. The monoisotopic (exact) mass is 478 g/mol. The Morgan fingerprint density at radius 3 is 2.47 bits per heavy atom. The van der Waals surface area contributed by atoms with Crippen LogP contribution in [0.1, 0.15) is 55.8 Å². The fourth-order valence-corrected chi connectivity index (χ4v) is 6.40. The highest BCUT2D eigenvalue weighted by Gasteiger charge is 2.29. The molecule has 5 rings (SSSR count). The molecule has 0 atom stereocenters. The second kappa shape index (κ2) is 9.43. The van der Waals surface area contributed by atoms with Crippen molar-refractivity contribution in [2.75, 3.05) is 13.1 Å². The molecule has 1 aliphatic carbocycles. The summed E-state index contributed by atoms with van der Waals surface area (Å²) in [6.45, 7) is 3.20. The minimum Gasteiger partial charge on any atom is -0.349 e. The highest BCUT2D eigenvalue weighted by Crippen LogP contribution is 2.29. The lowest BCUT2D eigenvalue weighted by Crippen LogP contribution is -2.37. The van der Waals surface area contributed by atoms with Crippen LogP contribution < -0.4 is 5.32 Å². The number of aromatic nitrogens is 2. The average Bonchev–Trinajstić information content (AvgIpc) is 3.37. The molecule has 34 heavy (non-hydrogen) atoms. The number of carbonyl (C=O) groups is 1. The van der Waals surface area contributed by atoms with Crippen LogP contribution in [0.25, 0.3) is 22.3 Å². The lowest BCUT2D eigenvalue weighted by atomic mass is 10.0. The largest absolute Gasteiger partial charge is 0.349 e. The van der Waals surface area contributed by atoms with Crippen LogP contribution in [0, 0.1) is 5.92 Å². The summed E-state index contributed by atoms with van der Waals surface area (Å²) in [5.41, 5.74) is 2.26. The van der Waals surface area contributed by atoms with Crippen molar-refractivity contribution in [1.82, 2.24) is 19.6 Å². The number of fused-ring (bicyclic) bond motifs is 1. The Labute approximate surface area is 200 Å². The van der Waals surface area contributed by atoms with Crippen molar-refractivity contribution in [3.8, 4) is 11.4 Å². The van der Waals surface area contributed by atoms with Crippen LogP contribution in [0.3, 0.4) is 0 Å². The van der Waals surface area contributed by atoms with Crippen LogP contribution in [0.4, 0.5) is 0 Å². The van der Waals surface area contributed by atoms with Gasteiger partial charge >= 0.3 is 0 Å². The molecule has 1 aliphatic heterocycles. The van der Waals surface area contributed by atoms with Gasteiger partial charge in [-0.05, 0) is 68.0 Å². The van der Waals surface area contributed by atoms with Gasteiger partial charge in [0, 0.05) is 30.7 Å². The van der Waals surface area contributed by atoms with Crippen LogP contribution in [-0.4, -0.2) is 47.7 Å². The lowest BCUT2D eigenvalue weighted by molar-refractivity contribution is 0.0939. The SMILES string of the molecule is CC1CCN(S(=O)(=O)c2ccc3nc(-c4ccccn4)cc(C(=O)NC4CCCC4)c3c2)CC1. The Hall–Kier alpha value is -2.84. The van der Waals surface area contributed by atoms with Gasteiger partial charge in [-0.2, -0.15) is 4.31 Å². The number of nitrogens with one attached hydrogen (secondary N) is 1. The summed E-state index contributed by atoms with van der Waals surface area (Å²) in [7, 11) is -3.64. The second-order valence-corrected chi connectivity index (χ2v) is 11.4. The van der Waals surface area contributed by atoms with Crippen molar-refractivity contribution in [2.45, 2.75) is 56.4 Å². The van der Waals surface area contributed by atoms with E-state index in [-0.39, 0.29) is 16.8 Å². The number of piperidine rings is 1. The predicted octanol–water partition coefficient (Wildman–Crippen LogP) is 4.39. The first-order chi connectivity index (χ1) is 16.4. The maximum atomic E-state index is 13.4. The highest BCUT2D eigenvalue weighted by atomic mass is 32.2. The zero-order valence-corrected chi connectivity index (χ0v) is 20.2. The molecule has 1 amide bonds. The molecule has 2 aromatic heterocycles. The molecule has 178 valence electrons. The van der Waals surface area contributed by atoms with E-state index in [2.05, 4.69) is 17.2 Å². The maximum Gasteiger partial charge on any atom is 0.252 e. The summed E-state index contributed by atoms with van der Waals surface area (Å²) >= 11 is 0. The standard InChI is InChI=1S/C26H30N4O3S/c1-18-11-14-30(15-12-18)34(32,33)20-9-10-23-21(16-20)22(26(31)28-19-6-2-3-7-19)17-25(29-23)24-8-4-5-13-27-24/h4-5,8-10,13,16-19H,2-3,6-7,11-12,14-15H2,1H3,(H,28,31). The Balaban J connectivity index is 1.58. The second-order valence-electron chi connectivity index (χ2n) is 9.49. The normalized spacial score (nSPS) is 18.4. The van der Waals surface area contributed by atoms with E-state index in [0.29, 0.717) is 46.9 Å².